The van der Waals surface area contributed by atoms with Crippen LogP contribution in [0.5, 0.6) is 0 Å². The van der Waals surface area contributed by atoms with Crippen LogP contribution in [-0.4, -0.2) is 72.6 Å². The topological polar surface area (TPSA) is 76.9 Å². The van der Waals surface area contributed by atoms with Gasteiger partial charge in [0.25, 0.3) is 0 Å². The molecule has 2 heterocycles. The molecule has 1 saturated carbocycles. The SMILES string of the molecule is CN(C)C1CCCN(c2ccc(C[C@@H](C#N)CC(=O)[C@@H]3[C@H]4CC[C@H](C4)N3C(=O)OC(C)(C)C)c(F)c2)C1. The highest BCUT2D eigenvalue weighted by atomic mass is 19.1. The zero-order valence-corrected chi connectivity index (χ0v) is 22.9. The molecule has 37 heavy (non-hydrogen) atoms. The van der Waals surface area contributed by atoms with Crippen LogP contribution in [0.25, 0.3) is 0 Å². The van der Waals surface area contributed by atoms with Gasteiger partial charge in [-0.2, -0.15) is 5.26 Å². The number of carbonyl (C=O) groups is 2. The number of amides is 1. The number of anilines is 1. The maximum atomic E-state index is 15.1. The van der Waals surface area contributed by atoms with E-state index in [0.29, 0.717) is 11.6 Å². The van der Waals surface area contributed by atoms with Crippen molar-refractivity contribution in [1.82, 2.24) is 9.80 Å². The Kier molecular flexibility index (Phi) is 8.13. The number of nitriles is 1. The first-order chi connectivity index (χ1) is 17.5. The van der Waals surface area contributed by atoms with Crippen LogP contribution < -0.4 is 4.90 Å². The Balaban J connectivity index is 1.41. The van der Waals surface area contributed by atoms with Crippen molar-refractivity contribution in [2.45, 2.75) is 89.4 Å². The summed E-state index contributed by atoms with van der Waals surface area (Å²) in [5, 5.41) is 9.83. The first kappa shape index (κ1) is 27.4. The lowest BCUT2D eigenvalue weighted by molar-refractivity contribution is -0.126. The molecule has 1 amide bonds. The summed E-state index contributed by atoms with van der Waals surface area (Å²) in [6, 6.07) is 7.35. The zero-order valence-electron chi connectivity index (χ0n) is 22.9. The largest absolute Gasteiger partial charge is 0.444 e. The predicted molar refractivity (Wildman–Crippen MR) is 141 cm³/mol. The van der Waals surface area contributed by atoms with Gasteiger partial charge in [-0.3, -0.25) is 9.69 Å². The van der Waals surface area contributed by atoms with E-state index in [2.05, 4.69) is 30.0 Å². The zero-order chi connectivity index (χ0) is 26.9. The molecule has 7 nitrogen and oxygen atoms in total. The molecule has 8 heteroatoms. The maximum Gasteiger partial charge on any atom is 0.411 e. The van der Waals surface area contributed by atoms with E-state index >= 15 is 4.39 Å². The quantitative estimate of drug-likeness (QED) is 0.523. The van der Waals surface area contributed by atoms with E-state index in [-0.39, 0.29) is 36.4 Å². The number of carbonyl (C=O) groups excluding carboxylic acids is 2. The Bertz CT molecular complexity index is 1050. The van der Waals surface area contributed by atoms with E-state index in [0.717, 1.165) is 50.9 Å². The second-order valence-corrected chi connectivity index (χ2v) is 12.2. The fourth-order valence-corrected chi connectivity index (χ4v) is 6.28. The van der Waals surface area contributed by atoms with Crippen molar-refractivity contribution in [3.05, 3.63) is 29.6 Å². The molecule has 1 unspecified atom stereocenters. The van der Waals surface area contributed by atoms with Crippen molar-refractivity contribution in [1.29, 1.82) is 5.26 Å². The van der Waals surface area contributed by atoms with E-state index in [4.69, 9.17) is 4.74 Å². The minimum Gasteiger partial charge on any atom is -0.444 e. The Morgan fingerprint density at radius 2 is 2.00 bits per heavy atom. The van der Waals surface area contributed by atoms with Crippen LogP contribution >= 0.6 is 0 Å². The number of fused-ring (bicyclic) bond motifs is 2. The van der Waals surface area contributed by atoms with E-state index in [1.165, 1.54) is 0 Å². The summed E-state index contributed by atoms with van der Waals surface area (Å²) in [4.78, 5) is 32.4. The van der Waals surface area contributed by atoms with Crippen molar-refractivity contribution in [2.75, 3.05) is 32.1 Å². The van der Waals surface area contributed by atoms with Gasteiger partial charge in [-0.1, -0.05) is 6.07 Å². The van der Waals surface area contributed by atoms with Gasteiger partial charge in [0.2, 0.25) is 0 Å². The van der Waals surface area contributed by atoms with Gasteiger partial charge in [0.15, 0.2) is 5.78 Å². The minimum atomic E-state index is -0.652. The highest BCUT2D eigenvalue weighted by Crippen LogP contribution is 2.44. The summed E-state index contributed by atoms with van der Waals surface area (Å²) < 4.78 is 20.7. The summed E-state index contributed by atoms with van der Waals surface area (Å²) in [7, 11) is 4.15. The number of hydrogen-bond donors (Lipinski definition) is 0. The maximum absolute atomic E-state index is 15.1. The number of ketones is 1. The Hall–Kier alpha value is -2.66. The summed E-state index contributed by atoms with van der Waals surface area (Å²) in [5.74, 6) is -1.01. The van der Waals surface area contributed by atoms with E-state index in [1.54, 1.807) is 17.0 Å². The molecule has 0 N–H and O–H groups in total. The Labute approximate surface area is 220 Å². The van der Waals surface area contributed by atoms with Gasteiger partial charge in [0, 0.05) is 37.3 Å². The molecule has 2 saturated heterocycles. The van der Waals surface area contributed by atoms with Crippen LogP contribution in [0, 0.1) is 29.0 Å². The second-order valence-electron chi connectivity index (χ2n) is 12.2. The van der Waals surface area contributed by atoms with Crippen molar-refractivity contribution < 1.29 is 18.7 Å². The first-order valence-corrected chi connectivity index (χ1v) is 13.6. The molecule has 0 aromatic heterocycles. The highest BCUT2D eigenvalue weighted by Gasteiger charge is 2.52. The summed E-state index contributed by atoms with van der Waals surface area (Å²) in [6.45, 7) is 7.20. The molecule has 0 radical (unpaired) electrons. The summed E-state index contributed by atoms with van der Waals surface area (Å²) >= 11 is 0. The lowest BCUT2D eigenvalue weighted by Gasteiger charge is -2.37. The fraction of sp³-hybridized carbons (Fsp3) is 0.690. The number of nitrogens with zero attached hydrogens (tertiary/aromatic N) is 4. The van der Waals surface area contributed by atoms with Gasteiger partial charge in [-0.15, -0.1) is 0 Å². The lowest BCUT2D eigenvalue weighted by Crippen LogP contribution is -2.51. The molecule has 202 valence electrons. The highest BCUT2D eigenvalue weighted by molar-refractivity contribution is 5.89. The van der Waals surface area contributed by atoms with Gasteiger partial charge < -0.3 is 14.5 Å². The summed E-state index contributed by atoms with van der Waals surface area (Å²) in [5.41, 5.74) is 0.654. The third kappa shape index (κ3) is 6.26. The second kappa shape index (κ2) is 11.0. The van der Waals surface area contributed by atoms with Crippen LogP contribution in [0.15, 0.2) is 18.2 Å². The van der Waals surface area contributed by atoms with Crippen molar-refractivity contribution in [3.8, 4) is 6.07 Å². The smallest absolute Gasteiger partial charge is 0.411 e. The number of likely N-dealkylation sites (tertiary alicyclic amines) is 1. The molecule has 5 atom stereocenters. The molecule has 2 bridgehead atoms. The number of benzene rings is 1. The van der Waals surface area contributed by atoms with Crippen molar-refractivity contribution in [3.63, 3.8) is 0 Å². The average molecular weight is 513 g/mol. The molecule has 1 aromatic rings. The van der Waals surface area contributed by atoms with Crippen LogP contribution in [0.4, 0.5) is 14.9 Å². The number of likely N-dealkylation sites (N-methyl/N-ethyl adjacent to an activating group) is 1. The van der Waals surface area contributed by atoms with Crippen LogP contribution in [0.2, 0.25) is 0 Å². The molecule has 1 aromatic carbocycles. The predicted octanol–water partition coefficient (Wildman–Crippen LogP) is 4.79. The third-order valence-electron chi connectivity index (χ3n) is 8.14. The van der Waals surface area contributed by atoms with Gasteiger partial charge >= 0.3 is 6.09 Å². The van der Waals surface area contributed by atoms with Crippen LogP contribution in [0.3, 0.4) is 0 Å². The van der Waals surface area contributed by atoms with Crippen LogP contribution in [0.1, 0.15) is 64.9 Å². The lowest BCUT2D eigenvalue weighted by atomic mass is 9.88. The average Bonchev–Trinajstić information content (AvgIpc) is 3.45. The number of rotatable bonds is 7. The number of ether oxygens (including phenoxy) is 1. The monoisotopic (exact) mass is 512 g/mol. The van der Waals surface area contributed by atoms with Crippen molar-refractivity contribution in [2.24, 2.45) is 11.8 Å². The van der Waals surface area contributed by atoms with Gasteiger partial charge in [-0.05, 0) is 97.0 Å². The van der Waals surface area contributed by atoms with E-state index in [9.17, 15) is 14.9 Å². The van der Waals surface area contributed by atoms with E-state index in [1.807, 2.05) is 26.8 Å². The van der Waals surface area contributed by atoms with Crippen molar-refractivity contribution >= 4 is 17.6 Å². The number of Topliss-reactive ketones (excluding diaryl/α,β-unsaturated/α-hetero) is 1. The number of piperidine rings is 2. The first-order valence-electron chi connectivity index (χ1n) is 13.6. The minimum absolute atomic E-state index is 0.00150. The van der Waals surface area contributed by atoms with E-state index < -0.39 is 23.7 Å². The molecular formula is C29H41FN4O3. The number of hydrogen-bond acceptors (Lipinski definition) is 6. The van der Waals surface area contributed by atoms with Gasteiger partial charge in [0.05, 0.1) is 18.0 Å². The molecule has 1 aliphatic carbocycles. The Morgan fingerprint density at radius 1 is 1.24 bits per heavy atom. The molecule has 0 spiro atoms. The summed E-state index contributed by atoms with van der Waals surface area (Å²) in [6.07, 6.45) is 4.49. The van der Waals surface area contributed by atoms with Crippen LogP contribution in [-0.2, 0) is 16.0 Å². The molecule has 4 rings (SSSR count). The molecule has 2 aliphatic heterocycles. The molecule has 3 fully saturated rings. The Morgan fingerprint density at radius 3 is 2.65 bits per heavy atom. The normalized spacial score (nSPS) is 26.3. The van der Waals surface area contributed by atoms with Gasteiger partial charge in [0.1, 0.15) is 11.4 Å². The number of halogens is 1. The molecular weight excluding hydrogens is 471 g/mol. The van der Waals surface area contributed by atoms with Gasteiger partial charge in [-0.25, -0.2) is 9.18 Å². The fourth-order valence-electron chi connectivity index (χ4n) is 6.28. The third-order valence-corrected chi connectivity index (χ3v) is 8.14. The standard InChI is InChI=1S/C29H41FN4O3/c1-29(2,3)37-28(36)34-23-11-9-21(15-23)27(34)26(35)14-19(17-31)13-20-8-10-22(16-25(20)30)33-12-6-7-24(18-33)32(4)5/h8,10,16,19,21,23-24,27H,6-7,9,11-15,18H2,1-5H3/t19-,21+,23-,24?,27+/m1/s1. The molecule has 3 aliphatic rings.